The summed E-state index contributed by atoms with van der Waals surface area (Å²) in [5, 5.41) is 6.88. The summed E-state index contributed by atoms with van der Waals surface area (Å²) in [6.07, 6.45) is 4.62. The zero-order valence-electron chi connectivity index (χ0n) is 20.6. The number of hydrazone groups is 1. The molecule has 0 radical (unpaired) electrons. The molecule has 0 spiro atoms. The van der Waals surface area contributed by atoms with Crippen molar-refractivity contribution in [2.24, 2.45) is 11.0 Å². The van der Waals surface area contributed by atoms with E-state index in [1.54, 1.807) is 38.5 Å². The van der Waals surface area contributed by atoms with Gasteiger partial charge in [-0.2, -0.15) is 5.10 Å². The Labute approximate surface area is 201 Å². The zero-order chi connectivity index (χ0) is 24.9. The van der Waals surface area contributed by atoms with Crippen LogP contribution in [0.4, 0.5) is 0 Å². The number of ether oxygens (including phenoxy) is 3. The number of carbonyl (C=O) groups excluding carboxylic acids is 2. The Hall–Kier alpha value is -3.55. The quantitative estimate of drug-likeness (QED) is 0.261. The standard InChI is InChI=1S/C26H35N3O5/c1-6-7-8-16-34-24-20(10-9-11-22(24)33-5)17-27-29-26(31)23(18(2)3)28-25(30)19-12-14-21(32-4)15-13-19/h9-15,17-18,23H,6-8,16H2,1-5H3,(H,28,30)(H,29,31). The number of methoxy groups -OCH3 is 2. The summed E-state index contributed by atoms with van der Waals surface area (Å²) in [7, 11) is 3.14. The molecule has 0 aliphatic heterocycles. The van der Waals surface area contributed by atoms with Crippen LogP contribution in [0.3, 0.4) is 0 Å². The molecule has 34 heavy (non-hydrogen) atoms. The SMILES string of the molecule is CCCCCOc1c(C=NNC(=O)C(NC(=O)c2ccc(OC)cc2)C(C)C)cccc1OC. The van der Waals surface area contributed by atoms with Crippen molar-refractivity contribution in [3.63, 3.8) is 0 Å². The van der Waals surface area contributed by atoms with Crippen molar-refractivity contribution in [3.8, 4) is 17.2 Å². The predicted octanol–water partition coefficient (Wildman–Crippen LogP) is 4.18. The number of rotatable bonds is 13. The fraction of sp³-hybridized carbons (Fsp3) is 0.423. The molecule has 0 fully saturated rings. The topological polar surface area (TPSA) is 98.2 Å². The summed E-state index contributed by atoms with van der Waals surface area (Å²) >= 11 is 0. The van der Waals surface area contributed by atoms with E-state index in [1.807, 2.05) is 32.0 Å². The molecular formula is C26H35N3O5. The van der Waals surface area contributed by atoms with E-state index in [4.69, 9.17) is 14.2 Å². The molecule has 1 unspecified atom stereocenters. The van der Waals surface area contributed by atoms with Crippen molar-refractivity contribution in [1.29, 1.82) is 0 Å². The molecule has 0 aromatic heterocycles. The van der Waals surface area contributed by atoms with Crippen molar-refractivity contribution < 1.29 is 23.8 Å². The van der Waals surface area contributed by atoms with E-state index in [1.165, 1.54) is 6.21 Å². The van der Waals surface area contributed by atoms with Gasteiger partial charge in [0.25, 0.3) is 11.8 Å². The van der Waals surface area contributed by atoms with Crippen LogP contribution in [0.1, 0.15) is 56.0 Å². The Kier molecular flexibility index (Phi) is 10.9. The monoisotopic (exact) mass is 469 g/mol. The van der Waals surface area contributed by atoms with Gasteiger partial charge in [-0.15, -0.1) is 0 Å². The molecule has 184 valence electrons. The second kappa shape index (κ2) is 13.9. The fourth-order valence-corrected chi connectivity index (χ4v) is 3.21. The van der Waals surface area contributed by atoms with Crippen LogP contribution in [0, 0.1) is 5.92 Å². The third-order valence-electron chi connectivity index (χ3n) is 5.19. The molecule has 0 saturated heterocycles. The lowest BCUT2D eigenvalue weighted by molar-refractivity contribution is -0.123. The highest BCUT2D eigenvalue weighted by molar-refractivity contribution is 5.98. The molecule has 0 aliphatic carbocycles. The largest absolute Gasteiger partial charge is 0.497 e. The summed E-state index contributed by atoms with van der Waals surface area (Å²) in [5.74, 6) is 0.908. The van der Waals surface area contributed by atoms with Crippen LogP contribution in [-0.2, 0) is 4.79 Å². The lowest BCUT2D eigenvalue weighted by Crippen LogP contribution is -2.48. The van der Waals surface area contributed by atoms with E-state index in [0.717, 1.165) is 19.3 Å². The van der Waals surface area contributed by atoms with Gasteiger partial charge in [-0.1, -0.05) is 39.7 Å². The van der Waals surface area contributed by atoms with E-state index < -0.39 is 11.9 Å². The van der Waals surface area contributed by atoms with Gasteiger partial charge in [0.15, 0.2) is 11.5 Å². The van der Waals surface area contributed by atoms with Gasteiger partial charge in [-0.25, -0.2) is 5.43 Å². The molecular weight excluding hydrogens is 434 g/mol. The summed E-state index contributed by atoms with van der Waals surface area (Å²) in [6, 6.07) is 11.4. The third kappa shape index (κ3) is 7.79. The highest BCUT2D eigenvalue weighted by Crippen LogP contribution is 2.30. The molecule has 2 aromatic carbocycles. The average molecular weight is 470 g/mol. The van der Waals surface area contributed by atoms with Gasteiger partial charge in [0.05, 0.1) is 27.0 Å². The van der Waals surface area contributed by atoms with Crippen LogP contribution in [0.25, 0.3) is 0 Å². The van der Waals surface area contributed by atoms with Crippen LogP contribution in [0.15, 0.2) is 47.6 Å². The van der Waals surface area contributed by atoms with Crippen LogP contribution in [0.2, 0.25) is 0 Å². The molecule has 2 N–H and O–H groups in total. The van der Waals surface area contributed by atoms with Gasteiger partial charge in [-0.3, -0.25) is 9.59 Å². The molecule has 0 saturated carbocycles. The highest BCUT2D eigenvalue weighted by Gasteiger charge is 2.24. The first-order chi connectivity index (χ1) is 16.4. The maximum Gasteiger partial charge on any atom is 0.262 e. The number of hydrogen-bond acceptors (Lipinski definition) is 6. The smallest absolute Gasteiger partial charge is 0.262 e. The molecule has 2 aromatic rings. The normalized spacial score (nSPS) is 11.8. The number of unbranched alkanes of at least 4 members (excludes halogenated alkanes) is 2. The van der Waals surface area contributed by atoms with Crippen molar-refractivity contribution in [2.75, 3.05) is 20.8 Å². The number of nitrogens with one attached hydrogen (secondary N) is 2. The van der Waals surface area contributed by atoms with Crippen LogP contribution >= 0.6 is 0 Å². The van der Waals surface area contributed by atoms with Crippen molar-refractivity contribution >= 4 is 18.0 Å². The Morgan fingerprint density at radius 1 is 1.03 bits per heavy atom. The number of nitrogens with zero attached hydrogens (tertiary/aromatic N) is 1. The van der Waals surface area contributed by atoms with Crippen molar-refractivity contribution in [1.82, 2.24) is 10.7 Å². The second-order valence-corrected chi connectivity index (χ2v) is 8.09. The number of hydrogen-bond donors (Lipinski definition) is 2. The lowest BCUT2D eigenvalue weighted by atomic mass is 10.0. The number of para-hydroxylation sites is 1. The molecule has 2 rings (SSSR count). The highest BCUT2D eigenvalue weighted by atomic mass is 16.5. The predicted molar refractivity (Wildman–Crippen MR) is 133 cm³/mol. The Bertz CT molecular complexity index is 957. The molecule has 0 bridgehead atoms. The van der Waals surface area contributed by atoms with E-state index in [0.29, 0.717) is 35.0 Å². The minimum Gasteiger partial charge on any atom is -0.497 e. The van der Waals surface area contributed by atoms with Gasteiger partial charge in [-0.05, 0) is 48.7 Å². The minimum absolute atomic E-state index is 0.147. The van der Waals surface area contributed by atoms with Gasteiger partial charge in [0.2, 0.25) is 0 Å². The molecule has 8 nitrogen and oxygen atoms in total. The minimum atomic E-state index is -0.762. The Morgan fingerprint density at radius 2 is 1.76 bits per heavy atom. The number of carbonyl (C=O) groups is 2. The van der Waals surface area contributed by atoms with E-state index in [9.17, 15) is 9.59 Å². The molecule has 1 atom stereocenters. The molecule has 0 aliphatic rings. The van der Waals surface area contributed by atoms with Crippen molar-refractivity contribution in [3.05, 3.63) is 53.6 Å². The van der Waals surface area contributed by atoms with Crippen LogP contribution in [0.5, 0.6) is 17.2 Å². The van der Waals surface area contributed by atoms with Gasteiger partial charge in [0.1, 0.15) is 11.8 Å². The number of benzene rings is 2. The van der Waals surface area contributed by atoms with Crippen LogP contribution in [-0.4, -0.2) is 44.9 Å². The van der Waals surface area contributed by atoms with Crippen LogP contribution < -0.4 is 25.0 Å². The lowest BCUT2D eigenvalue weighted by Gasteiger charge is -2.20. The molecule has 2 amide bonds. The second-order valence-electron chi connectivity index (χ2n) is 8.09. The van der Waals surface area contributed by atoms with Crippen molar-refractivity contribution in [2.45, 2.75) is 46.1 Å². The molecule has 0 heterocycles. The summed E-state index contributed by atoms with van der Waals surface area (Å²) in [6.45, 7) is 6.40. The Balaban J connectivity index is 2.06. The van der Waals surface area contributed by atoms with E-state index in [-0.39, 0.29) is 11.8 Å². The third-order valence-corrected chi connectivity index (χ3v) is 5.19. The van der Waals surface area contributed by atoms with E-state index >= 15 is 0 Å². The zero-order valence-corrected chi connectivity index (χ0v) is 20.6. The fourth-order valence-electron chi connectivity index (χ4n) is 3.21. The van der Waals surface area contributed by atoms with E-state index in [2.05, 4.69) is 22.8 Å². The first-order valence-corrected chi connectivity index (χ1v) is 11.5. The summed E-state index contributed by atoms with van der Waals surface area (Å²) in [4.78, 5) is 25.4. The van der Waals surface area contributed by atoms with Gasteiger partial charge < -0.3 is 19.5 Å². The average Bonchev–Trinajstić information content (AvgIpc) is 2.85. The Morgan fingerprint density at radius 3 is 2.38 bits per heavy atom. The summed E-state index contributed by atoms with van der Waals surface area (Å²) in [5.41, 5.74) is 3.64. The summed E-state index contributed by atoms with van der Waals surface area (Å²) < 4.78 is 16.5. The molecule has 8 heteroatoms. The first-order valence-electron chi connectivity index (χ1n) is 11.5. The number of amides is 2. The maximum absolute atomic E-state index is 12.8. The first kappa shape index (κ1) is 26.7. The van der Waals surface area contributed by atoms with Gasteiger partial charge in [0, 0.05) is 11.1 Å². The van der Waals surface area contributed by atoms with Gasteiger partial charge >= 0.3 is 0 Å². The maximum atomic E-state index is 12.8.